The van der Waals surface area contributed by atoms with Crippen molar-refractivity contribution in [2.75, 3.05) is 19.8 Å². The summed E-state index contributed by atoms with van der Waals surface area (Å²) in [6.07, 6.45) is 5.71. The number of rotatable bonds is 13. The summed E-state index contributed by atoms with van der Waals surface area (Å²) in [5.74, 6) is 0.462. The number of ether oxygens (including phenoxy) is 2. The van der Waals surface area contributed by atoms with Crippen molar-refractivity contribution in [2.45, 2.75) is 39.5 Å². The molecule has 0 bridgehead atoms. The average Bonchev–Trinajstić information content (AvgIpc) is 2.66. The van der Waals surface area contributed by atoms with Crippen LogP contribution in [0.25, 0.3) is 0 Å². The van der Waals surface area contributed by atoms with Crippen molar-refractivity contribution in [1.29, 1.82) is 5.41 Å². The van der Waals surface area contributed by atoms with Gasteiger partial charge in [0.1, 0.15) is 5.75 Å². The molecule has 1 rings (SSSR count). The highest BCUT2D eigenvalue weighted by Crippen LogP contribution is 2.14. The fourth-order valence-corrected chi connectivity index (χ4v) is 2.47. The van der Waals surface area contributed by atoms with Crippen LogP contribution in [0.2, 0.25) is 0 Å². The van der Waals surface area contributed by atoms with Crippen LogP contribution in [-0.4, -0.2) is 31.4 Å². The molecule has 0 aliphatic heterocycles. The summed E-state index contributed by atoms with van der Waals surface area (Å²) in [6.45, 7) is 5.45. The maximum atomic E-state index is 10.8. The summed E-state index contributed by atoms with van der Waals surface area (Å²) in [4.78, 5) is 10.8. The summed E-state index contributed by atoms with van der Waals surface area (Å²) >= 11 is 6.20. The van der Waals surface area contributed by atoms with Gasteiger partial charge in [-0.15, -0.1) is 0 Å². The van der Waals surface area contributed by atoms with E-state index in [-0.39, 0.29) is 13.0 Å². The van der Waals surface area contributed by atoms with Gasteiger partial charge in [0.15, 0.2) is 0 Å². The van der Waals surface area contributed by atoms with Gasteiger partial charge in [-0.3, -0.25) is 4.79 Å². The first-order valence-electron chi connectivity index (χ1n) is 9.14. The molecule has 0 fully saturated rings. The topological polar surface area (TPSA) is 85.4 Å². The minimum atomic E-state index is -0.418. The highest BCUT2D eigenvalue weighted by atomic mass is 35.5. The van der Waals surface area contributed by atoms with Crippen molar-refractivity contribution >= 4 is 23.2 Å². The number of nitrogens with two attached hydrogens (primary N) is 1. The number of primary amides is 1. The average molecular weight is 393 g/mol. The van der Waals surface area contributed by atoms with Crippen LogP contribution in [0.4, 0.5) is 0 Å². The molecule has 0 aromatic heterocycles. The summed E-state index contributed by atoms with van der Waals surface area (Å²) < 4.78 is 11.2. The van der Waals surface area contributed by atoms with Gasteiger partial charge in [0.25, 0.3) is 0 Å². The molecule has 27 heavy (non-hydrogen) atoms. The Labute approximate surface area is 166 Å². The largest absolute Gasteiger partial charge is 0.494 e. The number of carbonyl (C=O) groups excluding carboxylic acids is 1. The lowest BCUT2D eigenvalue weighted by Crippen LogP contribution is -2.13. The molecule has 1 aromatic carbocycles. The Morgan fingerprint density at radius 2 is 1.93 bits per heavy atom. The number of amides is 1. The Morgan fingerprint density at radius 3 is 2.52 bits per heavy atom. The molecule has 1 aromatic rings. The second kappa shape index (κ2) is 13.1. The molecule has 5 nitrogen and oxygen atoms in total. The first-order chi connectivity index (χ1) is 13.0. The quantitative estimate of drug-likeness (QED) is 0.296. The highest BCUT2D eigenvalue weighted by molar-refractivity contribution is 6.30. The van der Waals surface area contributed by atoms with E-state index in [9.17, 15) is 4.79 Å². The molecule has 148 valence electrons. The van der Waals surface area contributed by atoms with Gasteiger partial charge in [-0.25, -0.2) is 0 Å². The molecule has 1 amide bonds. The van der Waals surface area contributed by atoms with E-state index in [0.29, 0.717) is 29.3 Å². The minimum Gasteiger partial charge on any atom is -0.494 e. The minimum absolute atomic E-state index is 0.153. The van der Waals surface area contributed by atoms with Gasteiger partial charge in [-0.05, 0) is 55.5 Å². The third kappa shape index (κ3) is 9.97. The Bertz CT molecular complexity index is 667. The van der Waals surface area contributed by atoms with Crippen LogP contribution >= 0.6 is 11.6 Å². The normalized spacial score (nSPS) is 12.1. The van der Waals surface area contributed by atoms with E-state index in [2.05, 4.69) is 6.92 Å². The zero-order chi connectivity index (χ0) is 20.1. The smallest absolute Gasteiger partial charge is 0.217 e. The van der Waals surface area contributed by atoms with E-state index in [4.69, 9.17) is 32.2 Å². The molecule has 0 aliphatic rings. The summed E-state index contributed by atoms with van der Waals surface area (Å²) in [5, 5.41) is 8.50. The fraction of sp³-hybridized carbons (Fsp3) is 0.429. The molecule has 0 aliphatic carbocycles. The van der Waals surface area contributed by atoms with Gasteiger partial charge < -0.3 is 20.6 Å². The van der Waals surface area contributed by atoms with E-state index in [1.807, 2.05) is 31.2 Å². The van der Waals surface area contributed by atoms with Gasteiger partial charge in [0.2, 0.25) is 5.91 Å². The van der Waals surface area contributed by atoms with E-state index >= 15 is 0 Å². The monoisotopic (exact) mass is 392 g/mol. The number of halogens is 1. The lowest BCUT2D eigenvalue weighted by Gasteiger charge is -2.08. The first kappa shape index (κ1) is 22.9. The van der Waals surface area contributed by atoms with Crippen LogP contribution in [0.15, 0.2) is 47.0 Å². The van der Waals surface area contributed by atoms with Crippen molar-refractivity contribution in [1.82, 2.24) is 0 Å². The number of benzene rings is 1. The van der Waals surface area contributed by atoms with E-state index < -0.39 is 5.91 Å². The maximum Gasteiger partial charge on any atom is 0.217 e. The zero-order valence-electron chi connectivity index (χ0n) is 16.1. The lowest BCUT2D eigenvalue weighted by atomic mass is 10.1. The first-order valence-corrected chi connectivity index (χ1v) is 9.52. The second-order valence-corrected chi connectivity index (χ2v) is 6.56. The summed E-state index contributed by atoms with van der Waals surface area (Å²) in [6, 6.07) is 8.00. The second-order valence-electron chi connectivity index (χ2n) is 6.08. The third-order valence-corrected chi connectivity index (χ3v) is 3.98. The van der Waals surface area contributed by atoms with E-state index in [1.54, 1.807) is 12.2 Å². The maximum absolute atomic E-state index is 10.8. The predicted molar refractivity (Wildman–Crippen MR) is 111 cm³/mol. The Balaban J connectivity index is 2.38. The predicted octanol–water partition coefficient (Wildman–Crippen LogP) is 4.39. The van der Waals surface area contributed by atoms with Gasteiger partial charge in [-0.1, -0.05) is 36.7 Å². The zero-order valence-corrected chi connectivity index (χ0v) is 16.8. The number of carbonyl (C=O) groups is 1. The summed E-state index contributed by atoms with van der Waals surface area (Å²) in [7, 11) is 0. The number of allylic oxidation sites excluding steroid dienone is 3. The van der Waals surface area contributed by atoms with Crippen LogP contribution in [0.1, 0.15) is 38.7 Å². The molecule has 3 N–H and O–H groups in total. The van der Waals surface area contributed by atoms with Gasteiger partial charge in [0.05, 0.1) is 19.8 Å². The molecule has 0 spiro atoms. The van der Waals surface area contributed by atoms with E-state index in [0.717, 1.165) is 25.2 Å². The Hall–Kier alpha value is -2.11. The number of hydrogen-bond donors (Lipinski definition) is 2. The highest BCUT2D eigenvalue weighted by Gasteiger charge is 2.06. The molecular weight excluding hydrogens is 364 g/mol. The molecule has 0 saturated carbocycles. The van der Waals surface area contributed by atoms with Crippen LogP contribution in [0.3, 0.4) is 0 Å². The molecule has 0 atom stereocenters. The Kier molecular flexibility index (Phi) is 11.1. The number of hydrogen-bond acceptors (Lipinski definition) is 4. The SMILES string of the molecule is C/C=C(\C=C(\Cl)COCCc1ccc(OCCC)cc1)C(=N)CCC(N)=O. The third-order valence-electron chi connectivity index (χ3n) is 3.76. The molecule has 0 unspecified atom stereocenters. The van der Waals surface area contributed by atoms with Crippen molar-refractivity contribution < 1.29 is 14.3 Å². The van der Waals surface area contributed by atoms with Crippen LogP contribution < -0.4 is 10.5 Å². The number of nitrogens with one attached hydrogen (secondary N) is 1. The lowest BCUT2D eigenvalue weighted by molar-refractivity contribution is -0.117. The van der Waals surface area contributed by atoms with Crippen molar-refractivity contribution in [3.8, 4) is 5.75 Å². The van der Waals surface area contributed by atoms with E-state index in [1.165, 1.54) is 5.56 Å². The van der Waals surface area contributed by atoms with Gasteiger partial charge >= 0.3 is 0 Å². The van der Waals surface area contributed by atoms with Crippen LogP contribution in [-0.2, 0) is 16.0 Å². The Morgan fingerprint density at radius 1 is 1.22 bits per heavy atom. The molecular formula is C21H29ClN2O3. The van der Waals surface area contributed by atoms with Crippen LogP contribution in [0.5, 0.6) is 5.75 Å². The van der Waals surface area contributed by atoms with Crippen molar-refractivity contribution in [2.24, 2.45) is 5.73 Å². The standard InChI is InChI=1S/C21H29ClN2O3/c1-3-12-27-19-7-5-16(6-8-19)11-13-26-15-18(22)14-17(4-2)20(23)9-10-21(24)25/h4-8,14,23H,3,9-13,15H2,1-2H3,(H2,24,25)/b17-4+,18-14+,23-20?. The molecule has 6 heteroatoms. The molecule has 0 saturated heterocycles. The van der Waals surface area contributed by atoms with Gasteiger partial charge in [-0.2, -0.15) is 0 Å². The fourth-order valence-electron chi connectivity index (χ4n) is 2.28. The summed E-state index contributed by atoms with van der Waals surface area (Å²) in [5.41, 5.74) is 7.29. The van der Waals surface area contributed by atoms with Crippen molar-refractivity contribution in [3.63, 3.8) is 0 Å². The molecule has 0 heterocycles. The van der Waals surface area contributed by atoms with Crippen LogP contribution in [0, 0.1) is 5.41 Å². The van der Waals surface area contributed by atoms with Crippen molar-refractivity contribution in [3.05, 3.63) is 52.6 Å². The molecule has 0 radical (unpaired) electrons. The van der Waals surface area contributed by atoms with Gasteiger partial charge in [0, 0.05) is 17.2 Å².